The Kier molecular flexibility index (Phi) is 4.78. The van der Waals surface area contributed by atoms with E-state index >= 15 is 0 Å². The number of nitrogens with zero attached hydrogens (tertiary/aromatic N) is 1. The van der Waals surface area contributed by atoms with Gasteiger partial charge in [0.25, 0.3) is 5.91 Å². The number of carbonyl (C=O) groups is 1. The van der Waals surface area contributed by atoms with Gasteiger partial charge in [0.2, 0.25) is 0 Å². The largest absolute Gasteiger partial charge is 0.372 e. The highest BCUT2D eigenvalue weighted by Crippen LogP contribution is 2.15. The Balaban J connectivity index is 2.16. The Morgan fingerprint density at radius 2 is 2.10 bits per heavy atom. The Hall–Kier alpha value is -1.83. The molecule has 0 bridgehead atoms. The summed E-state index contributed by atoms with van der Waals surface area (Å²) in [5.41, 5.74) is 6.84. The van der Waals surface area contributed by atoms with Crippen LogP contribution in [0.15, 0.2) is 24.3 Å². The molecule has 0 aromatic heterocycles. The maximum absolute atomic E-state index is 12.5. The molecule has 1 saturated heterocycles. The quantitative estimate of drug-likeness (QED) is 0.783. The summed E-state index contributed by atoms with van der Waals surface area (Å²) in [6.45, 7) is 5.54. The van der Waals surface area contributed by atoms with Gasteiger partial charge in [-0.25, -0.2) is 0 Å². The molecule has 2 unspecified atom stereocenters. The van der Waals surface area contributed by atoms with Gasteiger partial charge in [-0.3, -0.25) is 4.79 Å². The Bertz CT molecular complexity index is 535. The second-order valence-electron chi connectivity index (χ2n) is 5.05. The molecule has 1 fully saturated rings. The van der Waals surface area contributed by atoms with E-state index in [2.05, 4.69) is 11.8 Å². The number of hydrogen-bond donors (Lipinski definition) is 1. The van der Waals surface area contributed by atoms with Gasteiger partial charge in [0.1, 0.15) is 0 Å². The molecule has 1 aromatic carbocycles. The summed E-state index contributed by atoms with van der Waals surface area (Å²) in [5.74, 6) is 5.78. The first kappa shape index (κ1) is 14.6. The average Bonchev–Trinajstić information content (AvgIpc) is 2.43. The third-order valence-corrected chi connectivity index (χ3v) is 3.15. The highest BCUT2D eigenvalue weighted by Gasteiger charge is 2.26. The molecule has 4 heteroatoms. The van der Waals surface area contributed by atoms with E-state index in [0.29, 0.717) is 25.2 Å². The van der Waals surface area contributed by atoms with E-state index in [1.165, 1.54) is 0 Å². The van der Waals surface area contributed by atoms with Crippen LogP contribution >= 0.6 is 0 Å². The predicted octanol–water partition coefficient (Wildman–Crippen LogP) is 1.25. The monoisotopic (exact) mass is 272 g/mol. The van der Waals surface area contributed by atoms with Crippen LogP contribution in [0.3, 0.4) is 0 Å². The molecule has 1 aliphatic heterocycles. The highest BCUT2D eigenvalue weighted by molar-refractivity contribution is 5.94. The minimum atomic E-state index is 0.0309. The average molecular weight is 272 g/mol. The van der Waals surface area contributed by atoms with Gasteiger partial charge in [0, 0.05) is 24.2 Å². The van der Waals surface area contributed by atoms with Gasteiger partial charge in [0.05, 0.1) is 18.8 Å². The molecular weight excluding hydrogens is 252 g/mol. The number of rotatable bonds is 1. The predicted molar refractivity (Wildman–Crippen MR) is 78.3 cm³/mol. The molecule has 1 aromatic rings. The van der Waals surface area contributed by atoms with E-state index in [0.717, 1.165) is 5.56 Å². The van der Waals surface area contributed by atoms with Gasteiger partial charge in [0.15, 0.2) is 0 Å². The lowest BCUT2D eigenvalue weighted by Gasteiger charge is -2.35. The normalized spacial score (nSPS) is 22.1. The fourth-order valence-corrected chi connectivity index (χ4v) is 2.41. The van der Waals surface area contributed by atoms with Crippen LogP contribution in [0.4, 0.5) is 0 Å². The summed E-state index contributed by atoms with van der Waals surface area (Å²) >= 11 is 0. The maximum atomic E-state index is 12.5. The van der Waals surface area contributed by atoms with Crippen LogP contribution in [0.25, 0.3) is 0 Å². The van der Waals surface area contributed by atoms with Gasteiger partial charge in [-0.15, -0.1) is 0 Å². The molecule has 0 radical (unpaired) electrons. The fraction of sp³-hybridized carbons (Fsp3) is 0.438. The zero-order valence-corrected chi connectivity index (χ0v) is 11.9. The van der Waals surface area contributed by atoms with Gasteiger partial charge >= 0.3 is 0 Å². The van der Waals surface area contributed by atoms with Crippen molar-refractivity contribution in [2.45, 2.75) is 26.1 Å². The van der Waals surface area contributed by atoms with Crippen molar-refractivity contribution >= 4 is 5.91 Å². The molecule has 2 atom stereocenters. The number of benzene rings is 1. The van der Waals surface area contributed by atoms with E-state index in [9.17, 15) is 4.79 Å². The Morgan fingerprint density at radius 3 is 2.75 bits per heavy atom. The molecule has 1 heterocycles. The van der Waals surface area contributed by atoms with E-state index in [4.69, 9.17) is 10.5 Å². The molecule has 1 aliphatic rings. The van der Waals surface area contributed by atoms with Crippen LogP contribution in [0.2, 0.25) is 0 Å². The van der Waals surface area contributed by atoms with Crippen molar-refractivity contribution in [3.05, 3.63) is 35.4 Å². The van der Waals surface area contributed by atoms with Crippen molar-refractivity contribution in [2.75, 3.05) is 19.6 Å². The summed E-state index contributed by atoms with van der Waals surface area (Å²) in [5, 5.41) is 0. The van der Waals surface area contributed by atoms with E-state index in [-0.39, 0.29) is 18.1 Å². The van der Waals surface area contributed by atoms with Crippen LogP contribution in [0.1, 0.15) is 29.8 Å². The molecule has 0 saturated carbocycles. The molecular formula is C16H20N2O2. The number of morpholine rings is 1. The van der Waals surface area contributed by atoms with Crippen molar-refractivity contribution in [1.29, 1.82) is 0 Å². The third kappa shape index (κ3) is 3.60. The number of carbonyl (C=O) groups excluding carboxylic acids is 1. The second kappa shape index (κ2) is 6.56. The molecule has 0 spiro atoms. The van der Waals surface area contributed by atoms with E-state index < -0.39 is 0 Å². The molecule has 2 rings (SSSR count). The fourth-order valence-electron chi connectivity index (χ4n) is 2.41. The molecule has 4 nitrogen and oxygen atoms in total. The number of hydrogen-bond acceptors (Lipinski definition) is 3. The maximum Gasteiger partial charge on any atom is 0.254 e. The minimum absolute atomic E-state index is 0.0309. The van der Waals surface area contributed by atoms with Crippen LogP contribution < -0.4 is 5.73 Å². The molecule has 20 heavy (non-hydrogen) atoms. The summed E-state index contributed by atoms with van der Waals surface area (Å²) < 4.78 is 5.65. The van der Waals surface area contributed by atoms with Crippen molar-refractivity contribution in [3.63, 3.8) is 0 Å². The first-order chi connectivity index (χ1) is 9.60. The lowest BCUT2D eigenvalue weighted by molar-refractivity contribution is -0.0586. The first-order valence-electron chi connectivity index (χ1n) is 6.84. The van der Waals surface area contributed by atoms with Crippen LogP contribution in [-0.2, 0) is 4.74 Å². The van der Waals surface area contributed by atoms with Crippen LogP contribution in [-0.4, -0.2) is 42.6 Å². The topological polar surface area (TPSA) is 55.6 Å². The van der Waals surface area contributed by atoms with Crippen molar-refractivity contribution in [3.8, 4) is 11.8 Å². The lowest BCUT2D eigenvalue weighted by atomic mass is 10.1. The molecule has 2 N–H and O–H groups in total. The van der Waals surface area contributed by atoms with Gasteiger partial charge in [-0.2, -0.15) is 0 Å². The summed E-state index contributed by atoms with van der Waals surface area (Å²) in [6, 6.07) is 7.36. The number of nitrogens with two attached hydrogens (primary N) is 1. The highest BCUT2D eigenvalue weighted by atomic mass is 16.5. The zero-order valence-electron chi connectivity index (χ0n) is 11.9. The second-order valence-corrected chi connectivity index (χ2v) is 5.05. The first-order valence-corrected chi connectivity index (χ1v) is 6.84. The van der Waals surface area contributed by atoms with Crippen LogP contribution in [0.5, 0.6) is 0 Å². The molecule has 106 valence electrons. The number of ether oxygens (including phenoxy) is 1. The van der Waals surface area contributed by atoms with E-state index in [1.807, 2.05) is 43.0 Å². The van der Waals surface area contributed by atoms with Crippen molar-refractivity contribution < 1.29 is 9.53 Å². The van der Waals surface area contributed by atoms with Crippen LogP contribution in [0, 0.1) is 11.8 Å². The third-order valence-electron chi connectivity index (χ3n) is 3.15. The standard InChI is InChI=1S/C16H20N2O2/c1-12-10-18(11-13(2)20-12)16(19)15-7-3-5-14(9-15)6-4-8-17/h3,5,7,9,12-13H,8,10-11,17H2,1-2H3. The van der Waals surface area contributed by atoms with E-state index in [1.54, 1.807) is 0 Å². The summed E-state index contributed by atoms with van der Waals surface area (Å²) in [4.78, 5) is 14.4. The Morgan fingerprint density at radius 1 is 1.40 bits per heavy atom. The van der Waals surface area contributed by atoms with Gasteiger partial charge in [-0.1, -0.05) is 17.9 Å². The molecule has 0 aliphatic carbocycles. The minimum Gasteiger partial charge on any atom is -0.372 e. The van der Waals surface area contributed by atoms with Gasteiger partial charge < -0.3 is 15.4 Å². The SMILES string of the molecule is CC1CN(C(=O)c2cccc(C#CCN)c2)CC(C)O1. The Labute approximate surface area is 119 Å². The smallest absolute Gasteiger partial charge is 0.254 e. The summed E-state index contributed by atoms with van der Waals surface area (Å²) in [6.07, 6.45) is 0.144. The van der Waals surface area contributed by atoms with Crippen molar-refractivity contribution in [1.82, 2.24) is 4.90 Å². The van der Waals surface area contributed by atoms with Gasteiger partial charge in [-0.05, 0) is 32.0 Å². The number of amides is 1. The summed E-state index contributed by atoms with van der Waals surface area (Å²) in [7, 11) is 0. The molecule has 1 amide bonds. The zero-order chi connectivity index (χ0) is 14.5. The lowest BCUT2D eigenvalue weighted by Crippen LogP contribution is -2.48. The van der Waals surface area contributed by atoms with Crippen molar-refractivity contribution in [2.24, 2.45) is 5.73 Å².